The lowest BCUT2D eigenvalue weighted by molar-refractivity contribution is -0.129. The van der Waals surface area contributed by atoms with Crippen molar-refractivity contribution in [3.05, 3.63) is 16.1 Å². The molecule has 4 nitrogen and oxygen atoms in total. The van der Waals surface area contributed by atoms with E-state index in [1.165, 1.54) is 0 Å². The largest absolute Gasteiger partial charge is 0.350 e. The van der Waals surface area contributed by atoms with E-state index in [-0.39, 0.29) is 5.91 Å². The van der Waals surface area contributed by atoms with Gasteiger partial charge in [0.2, 0.25) is 5.91 Å². The third-order valence-corrected chi connectivity index (χ3v) is 4.36. The molecule has 1 N–H and O–H groups in total. The average molecular weight is 263 g/mol. The highest BCUT2D eigenvalue weighted by Gasteiger charge is 2.39. The van der Waals surface area contributed by atoms with Gasteiger partial charge in [0, 0.05) is 11.1 Å². The van der Waals surface area contributed by atoms with E-state index in [1.54, 1.807) is 17.5 Å². The predicted octanol–water partition coefficient (Wildman–Crippen LogP) is 2.54. The summed E-state index contributed by atoms with van der Waals surface area (Å²) in [5.41, 5.74) is -0.794. The van der Waals surface area contributed by atoms with E-state index in [9.17, 15) is 10.1 Å². The number of nitriles is 1. The van der Waals surface area contributed by atoms with Gasteiger partial charge in [-0.15, -0.1) is 11.3 Å². The molecule has 1 aromatic rings. The van der Waals surface area contributed by atoms with E-state index in [0.29, 0.717) is 19.4 Å². The van der Waals surface area contributed by atoms with Crippen molar-refractivity contribution in [2.24, 2.45) is 5.41 Å². The summed E-state index contributed by atoms with van der Waals surface area (Å²) in [6, 6.07) is 2.23. The van der Waals surface area contributed by atoms with Gasteiger partial charge in [-0.05, 0) is 19.8 Å². The van der Waals surface area contributed by atoms with Crippen molar-refractivity contribution < 1.29 is 4.79 Å². The Morgan fingerprint density at radius 1 is 1.56 bits per heavy atom. The highest BCUT2D eigenvalue weighted by Crippen LogP contribution is 2.35. The van der Waals surface area contributed by atoms with Crippen molar-refractivity contribution in [2.75, 3.05) is 0 Å². The van der Waals surface area contributed by atoms with Crippen LogP contribution >= 0.6 is 11.3 Å². The molecule has 0 saturated heterocycles. The number of carbonyl (C=O) groups excluding carboxylic acids is 1. The van der Waals surface area contributed by atoms with Crippen LogP contribution in [0.5, 0.6) is 0 Å². The first-order chi connectivity index (χ1) is 8.66. The molecule has 0 spiro atoms. The molecule has 0 radical (unpaired) electrons. The summed E-state index contributed by atoms with van der Waals surface area (Å²) in [7, 11) is 0. The second-order valence-electron chi connectivity index (χ2n) is 4.78. The van der Waals surface area contributed by atoms with Crippen LogP contribution < -0.4 is 5.32 Å². The normalized spacial score (nSPS) is 18.0. The van der Waals surface area contributed by atoms with Crippen LogP contribution in [0, 0.1) is 23.7 Å². The van der Waals surface area contributed by atoms with Crippen molar-refractivity contribution in [3.8, 4) is 6.07 Å². The molecular weight excluding hydrogens is 246 g/mol. The maximum absolute atomic E-state index is 12.2. The Bertz CT molecular complexity index is 469. The molecule has 1 aliphatic rings. The van der Waals surface area contributed by atoms with Gasteiger partial charge in [0.05, 0.1) is 17.6 Å². The average Bonchev–Trinajstić information content (AvgIpc) is 2.82. The lowest BCUT2D eigenvalue weighted by Crippen LogP contribution is -2.41. The van der Waals surface area contributed by atoms with Crippen molar-refractivity contribution in [2.45, 2.75) is 45.6 Å². The Kier molecular flexibility index (Phi) is 3.97. The van der Waals surface area contributed by atoms with Gasteiger partial charge in [0.15, 0.2) is 0 Å². The number of nitrogens with one attached hydrogen (secondary N) is 1. The number of carbonyl (C=O) groups is 1. The molecule has 0 bridgehead atoms. The van der Waals surface area contributed by atoms with Gasteiger partial charge in [-0.25, -0.2) is 4.98 Å². The van der Waals surface area contributed by atoms with Crippen molar-refractivity contribution in [1.82, 2.24) is 10.3 Å². The lowest BCUT2D eigenvalue weighted by Gasteiger charge is -2.28. The molecule has 18 heavy (non-hydrogen) atoms. The summed E-state index contributed by atoms with van der Waals surface area (Å²) in [5.74, 6) is -0.115. The summed E-state index contributed by atoms with van der Waals surface area (Å²) in [6.07, 6.45) is 6.24. The summed E-state index contributed by atoms with van der Waals surface area (Å²) >= 11 is 1.57. The minimum absolute atomic E-state index is 0.115. The zero-order valence-corrected chi connectivity index (χ0v) is 11.3. The first-order valence-corrected chi connectivity index (χ1v) is 7.09. The quantitative estimate of drug-likeness (QED) is 0.911. The standard InChI is InChI=1S/C13H17N3OS/c1-10-15-7-11(18-10)8-16-12(17)13(9-14)5-3-2-4-6-13/h7H,2-6,8H2,1H3,(H,16,17). The van der Waals surface area contributed by atoms with E-state index < -0.39 is 5.41 Å². The molecule has 0 atom stereocenters. The van der Waals surface area contributed by atoms with Crippen LogP contribution in [0.1, 0.15) is 42.0 Å². The zero-order valence-electron chi connectivity index (χ0n) is 10.5. The van der Waals surface area contributed by atoms with Gasteiger partial charge in [-0.2, -0.15) is 5.26 Å². The number of aryl methyl sites for hydroxylation is 1. The fourth-order valence-electron chi connectivity index (χ4n) is 2.37. The molecular formula is C13H17N3OS. The van der Waals surface area contributed by atoms with Gasteiger partial charge in [-0.1, -0.05) is 19.3 Å². The van der Waals surface area contributed by atoms with Gasteiger partial charge in [-0.3, -0.25) is 4.79 Å². The number of hydrogen-bond acceptors (Lipinski definition) is 4. The van der Waals surface area contributed by atoms with E-state index in [0.717, 1.165) is 29.1 Å². The van der Waals surface area contributed by atoms with E-state index in [1.807, 2.05) is 6.92 Å². The molecule has 1 fully saturated rings. The molecule has 1 saturated carbocycles. The Hall–Kier alpha value is -1.41. The maximum Gasteiger partial charge on any atom is 0.240 e. The van der Waals surface area contributed by atoms with Crippen molar-refractivity contribution >= 4 is 17.2 Å². The van der Waals surface area contributed by atoms with Crippen molar-refractivity contribution in [3.63, 3.8) is 0 Å². The van der Waals surface area contributed by atoms with Gasteiger partial charge >= 0.3 is 0 Å². The van der Waals surface area contributed by atoms with Gasteiger partial charge in [0.1, 0.15) is 5.41 Å². The van der Waals surface area contributed by atoms with E-state index in [4.69, 9.17) is 0 Å². The second kappa shape index (κ2) is 5.49. The van der Waals surface area contributed by atoms with Gasteiger partial charge < -0.3 is 5.32 Å². The number of rotatable bonds is 3. The lowest BCUT2D eigenvalue weighted by atomic mass is 9.74. The molecule has 96 valence electrons. The fraction of sp³-hybridized carbons (Fsp3) is 0.615. The van der Waals surface area contributed by atoms with Gasteiger partial charge in [0.25, 0.3) is 0 Å². The maximum atomic E-state index is 12.2. The van der Waals surface area contributed by atoms with Crippen LogP contribution in [0.3, 0.4) is 0 Å². The highest BCUT2D eigenvalue weighted by molar-refractivity contribution is 7.11. The van der Waals surface area contributed by atoms with Crippen molar-refractivity contribution in [1.29, 1.82) is 5.26 Å². The first kappa shape index (κ1) is 13.0. The summed E-state index contributed by atoms with van der Waals surface area (Å²) in [6.45, 7) is 2.42. The molecule has 1 aromatic heterocycles. The molecule has 0 aromatic carbocycles. The van der Waals surface area contributed by atoms with Crippen LogP contribution in [0.25, 0.3) is 0 Å². The minimum atomic E-state index is -0.794. The Labute approximate surface area is 111 Å². The number of aromatic nitrogens is 1. The SMILES string of the molecule is Cc1ncc(CNC(=O)C2(C#N)CCCCC2)s1. The Morgan fingerprint density at radius 2 is 2.28 bits per heavy atom. The smallest absolute Gasteiger partial charge is 0.240 e. The topological polar surface area (TPSA) is 65.8 Å². The Balaban J connectivity index is 1.96. The molecule has 5 heteroatoms. The zero-order chi connectivity index (χ0) is 13.0. The summed E-state index contributed by atoms with van der Waals surface area (Å²) < 4.78 is 0. The molecule has 1 amide bonds. The molecule has 1 heterocycles. The molecule has 2 rings (SSSR count). The third-order valence-electron chi connectivity index (χ3n) is 3.45. The van der Waals surface area contributed by atoms with Crippen LogP contribution in [-0.4, -0.2) is 10.9 Å². The third kappa shape index (κ3) is 2.70. The molecule has 1 aliphatic carbocycles. The number of thiazole rings is 1. The minimum Gasteiger partial charge on any atom is -0.350 e. The predicted molar refractivity (Wildman–Crippen MR) is 69.8 cm³/mol. The van der Waals surface area contributed by atoms with E-state index in [2.05, 4.69) is 16.4 Å². The van der Waals surface area contributed by atoms with Crippen LogP contribution in [0.15, 0.2) is 6.20 Å². The van der Waals surface area contributed by atoms with Crippen LogP contribution in [0.4, 0.5) is 0 Å². The number of hydrogen-bond donors (Lipinski definition) is 1. The monoisotopic (exact) mass is 263 g/mol. The fourth-order valence-corrected chi connectivity index (χ4v) is 3.10. The number of nitrogens with zero attached hydrogens (tertiary/aromatic N) is 2. The highest BCUT2D eigenvalue weighted by atomic mass is 32.1. The summed E-state index contributed by atoms with van der Waals surface area (Å²) in [4.78, 5) is 17.4. The van der Waals surface area contributed by atoms with Crippen LogP contribution in [-0.2, 0) is 11.3 Å². The second-order valence-corrected chi connectivity index (χ2v) is 6.10. The van der Waals surface area contributed by atoms with Crippen LogP contribution in [0.2, 0.25) is 0 Å². The molecule has 0 unspecified atom stereocenters. The number of amides is 1. The Morgan fingerprint density at radius 3 is 2.83 bits per heavy atom. The molecule has 0 aliphatic heterocycles. The summed E-state index contributed by atoms with van der Waals surface area (Å²) in [5, 5.41) is 13.2. The first-order valence-electron chi connectivity index (χ1n) is 6.27. The van der Waals surface area contributed by atoms with E-state index >= 15 is 0 Å².